The fourth-order valence-corrected chi connectivity index (χ4v) is 1.88. The monoisotopic (exact) mass is 297 g/mol. The number of hydrogen-bond acceptors (Lipinski definition) is 2. The third-order valence-corrected chi connectivity index (χ3v) is 2.79. The number of anilines is 2. The van der Waals surface area contributed by atoms with Gasteiger partial charge in [0, 0.05) is 10.7 Å². The van der Waals surface area contributed by atoms with Crippen LogP contribution in [0.5, 0.6) is 0 Å². The third kappa shape index (κ3) is 2.97. The molecule has 19 heavy (non-hydrogen) atoms. The molecule has 0 aliphatic carbocycles. The summed E-state index contributed by atoms with van der Waals surface area (Å²) in [7, 11) is 0. The molecule has 3 rings (SSSR count). The van der Waals surface area contributed by atoms with Crippen molar-refractivity contribution in [2.45, 2.75) is 0 Å². The van der Waals surface area contributed by atoms with E-state index in [0.29, 0.717) is 11.0 Å². The number of benzene rings is 2. The number of nitrogens with one attached hydrogen (secondary N) is 2. The number of aromatic nitrogens is 2. The maximum absolute atomic E-state index is 12.8. The normalized spacial score (nSPS) is 10.2. The number of nitrogens with zero attached hydrogens (tertiary/aromatic N) is 1. The van der Waals surface area contributed by atoms with Crippen molar-refractivity contribution >= 4 is 46.7 Å². The van der Waals surface area contributed by atoms with Gasteiger partial charge in [0.2, 0.25) is 5.95 Å². The van der Waals surface area contributed by atoms with Crippen LogP contribution in [0.15, 0.2) is 42.5 Å². The van der Waals surface area contributed by atoms with Gasteiger partial charge in [0.1, 0.15) is 5.82 Å². The molecule has 3 nitrogen and oxygen atoms in total. The van der Waals surface area contributed by atoms with E-state index in [1.807, 2.05) is 6.07 Å². The molecule has 0 amide bonds. The third-order valence-electron chi connectivity index (χ3n) is 2.55. The molecule has 2 aromatic carbocycles. The van der Waals surface area contributed by atoms with Crippen molar-refractivity contribution in [3.63, 3.8) is 0 Å². The Bertz CT molecular complexity index is 695. The van der Waals surface area contributed by atoms with Crippen LogP contribution in [0.3, 0.4) is 0 Å². The number of halogens is 3. The second kappa shape index (κ2) is 5.47. The van der Waals surface area contributed by atoms with E-state index in [-0.39, 0.29) is 18.2 Å². The van der Waals surface area contributed by atoms with Gasteiger partial charge >= 0.3 is 0 Å². The van der Waals surface area contributed by atoms with Crippen LogP contribution in [0.4, 0.5) is 16.0 Å². The Kier molecular flexibility index (Phi) is 3.93. The van der Waals surface area contributed by atoms with Crippen LogP contribution in [-0.4, -0.2) is 9.97 Å². The molecule has 6 heteroatoms. The molecule has 1 heterocycles. The highest BCUT2D eigenvalue weighted by atomic mass is 35.5. The molecule has 0 saturated heterocycles. The van der Waals surface area contributed by atoms with Crippen LogP contribution < -0.4 is 5.32 Å². The molecule has 3 aromatic rings. The summed E-state index contributed by atoms with van der Waals surface area (Å²) in [5, 5.41) is 3.72. The second-order valence-electron chi connectivity index (χ2n) is 3.88. The minimum Gasteiger partial charge on any atom is -0.326 e. The maximum atomic E-state index is 12.8. The molecule has 0 bridgehead atoms. The van der Waals surface area contributed by atoms with Gasteiger partial charge in [-0.2, -0.15) is 0 Å². The highest BCUT2D eigenvalue weighted by Gasteiger charge is 2.03. The molecule has 0 radical (unpaired) electrons. The Hall–Kier alpha value is -1.78. The van der Waals surface area contributed by atoms with Gasteiger partial charge in [-0.25, -0.2) is 9.37 Å². The highest BCUT2D eigenvalue weighted by molar-refractivity contribution is 6.31. The average Bonchev–Trinajstić information content (AvgIpc) is 2.73. The lowest BCUT2D eigenvalue weighted by Gasteiger charge is -2.01. The number of imidazole rings is 1. The van der Waals surface area contributed by atoms with Crippen molar-refractivity contribution in [1.82, 2.24) is 9.97 Å². The first kappa shape index (κ1) is 13.6. The van der Waals surface area contributed by atoms with E-state index in [4.69, 9.17) is 11.6 Å². The fraction of sp³-hybridized carbons (Fsp3) is 0. The summed E-state index contributed by atoms with van der Waals surface area (Å²) in [5.74, 6) is 0.329. The highest BCUT2D eigenvalue weighted by Crippen LogP contribution is 2.21. The van der Waals surface area contributed by atoms with Gasteiger partial charge in [0.25, 0.3) is 0 Å². The zero-order valence-electron chi connectivity index (χ0n) is 9.65. The lowest BCUT2D eigenvalue weighted by Crippen LogP contribution is -1.91. The van der Waals surface area contributed by atoms with Gasteiger partial charge in [-0.3, -0.25) is 0 Å². The first-order valence-electron chi connectivity index (χ1n) is 5.38. The molecule has 2 N–H and O–H groups in total. The van der Waals surface area contributed by atoms with E-state index >= 15 is 0 Å². The van der Waals surface area contributed by atoms with Crippen LogP contribution in [0.25, 0.3) is 11.0 Å². The van der Waals surface area contributed by atoms with E-state index in [2.05, 4.69) is 15.3 Å². The van der Waals surface area contributed by atoms with E-state index in [1.54, 1.807) is 24.3 Å². The Labute approximate surface area is 120 Å². The first-order chi connectivity index (χ1) is 8.70. The second-order valence-corrected chi connectivity index (χ2v) is 4.32. The Morgan fingerprint density at radius 1 is 1.11 bits per heavy atom. The van der Waals surface area contributed by atoms with E-state index in [0.717, 1.165) is 16.7 Å². The molecule has 0 spiro atoms. The Morgan fingerprint density at radius 2 is 1.84 bits per heavy atom. The molecule has 0 aliphatic rings. The zero-order chi connectivity index (χ0) is 12.5. The topological polar surface area (TPSA) is 40.7 Å². The summed E-state index contributed by atoms with van der Waals surface area (Å²) in [6.07, 6.45) is 0. The summed E-state index contributed by atoms with van der Waals surface area (Å²) >= 11 is 5.90. The van der Waals surface area contributed by atoms with Crippen LogP contribution in [0.1, 0.15) is 0 Å². The number of rotatable bonds is 2. The standard InChI is InChI=1S/C13H9ClFN3.ClH/c14-8-1-6-11-12(7-8)18-13(17-11)16-10-4-2-9(15)3-5-10;/h1-7H,(H2,16,17,18);1H. The van der Waals surface area contributed by atoms with Gasteiger partial charge in [-0.05, 0) is 42.5 Å². The SMILES string of the molecule is Cl.Fc1ccc(Nc2nc3ccc(Cl)cc3[nH]2)cc1. The summed E-state index contributed by atoms with van der Waals surface area (Å²) in [5.41, 5.74) is 2.44. The quantitative estimate of drug-likeness (QED) is 0.730. The molecule has 0 fully saturated rings. The Morgan fingerprint density at radius 3 is 2.58 bits per heavy atom. The lowest BCUT2D eigenvalue weighted by molar-refractivity contribution is 0.628. The summed E-state index contributed by atoms with van der Waals surface area (Å²) in [4.78, 5) is 7.45. The predicted molar refractivity (Wildman–Crippen MR) is 78.0 cm³/mol. The number of aromatic amines is 1. The smallest absolute Gasteiger partial charge is 0.205 e. The number of hydrogen-bond donors (Lipinski definition) is 2. The Balaban J connectivity index is 0.00000133. The molecular weight excluding hydrogens is 288 g/mol. The van der Waals surface area contributed by atoms with Gasteiger partial charge in [0.15, 0.2) is 0 Å². The molecule has 98 valence electrons. The molecule has 0 aliphatic heterocycles. The predicted octanol–water partition coefficient (Wildman–Crippen LogP) is 4.52. The lowest BCUT2D eigenvalue weighted by atomic mass is 10.3. The van der Waals surface area contributed by atoms with Crippen LogP contribution in [-0.2, 0) is 0 Å². The molecule has 0 atom stereocenters. The first-order valence-corrected chi connectivity index (χ1v) is 5.76. The fourth-order valence-electron chi connectivity index (χ4n) is 1.71. The van der Waals surface area contributed by atoms with E-state index < -0.39 is 0 Å². The van der Waals surface area contributed by atoms with Crippen LogP contribution in [0, 0.1) is 5.82 Å². The summed E-state index contributed by atoms with van der Waals surface area (Å²) in [6, 6.07) is 11.5. The van der Waals surface area contributed by atoms with Crippen molar-refractivity contribution < 1.29 is 4.39 Å². The van der Waals surface area contributed by atoms with Crippen molar-refractivity contribution in [2.75, 3.05) is 5.32 Å². The molecule has 0 unspecified atom stereocenters. The largest absolute Gasteiger partial charge is 0.326 e. The number of fused-ring (bicyclic) bond motifs is 1. The minimum absolute atomic E-state index is 0. The molecule has 1 aromatic heterocycles. The van der Waals surface area contributed by atoms with Crippen molar-refractivity contribution in [3.8, 4) is 0 Å². The van der Waals surface area contributed by atoms with E-state index in [9.17, 15) is 4.39 Å². The molecular formula is C13H10Cl2FN3. The van der Waals surface area contributed by atoms with Gasteiger partial charge in [-0.15, -0.1) is 12.4 Å². The molecule has 0 saturated carbocycles. The van der Waals surface area contributed by atoms with Crippen molar-refractivity contribution in [1.29, 1.82) is 0 Å². The van der Waals surface area contributed by atoms with Crippen LogP contribution in [0.2, 0.25) is 5.02 Å². The van der Waals surface area contributed by atoms with Crippen molar-refractivity contribution in [3.05, 3.63) is 53.3 Å². The maximum Gasteiger partial charge on any atom is 0.205 e. The zero-order valence-corrected chi connectivity index (χ0v) is 11.2. The van der Waals surface area contributed by atoms with Gasteiger partial charge in [-0.1, -0.05) is 11.6 Å². The summed E-state index contributed by atoms with van der Waals surface area (Å²) in [6.45, 7) is 0. The van der Waals surface area contributed by atoms with Crippen LogP contribution >= 0.6 is 24.0 Å². The average molecular weight is 298 g/mol. The van der Waals surface area contributed by atoms with E-state index in [1.165, 1.54) is 12.1 Å². The van der Waals surface area contributed by atoms with Gasteiger partial charge < -0.3 is 10.3 Å². The van der Waals surface area contributed by atoms with Crippen molar-refractivity contribution in [2.24, 2.45) is 0 Å². The minimum atomic E-state index is -0.267. The van der Waals surface area contributed by atoms with Gasteiger partial charge in [0.05, 0.1) is 11.0 Å². The number of H-pyrrole nitrogens is 1. The summed E-state index contributed by atoms with van der Waals surface area (Å²) < 4.78 is 12.8.